The highest BCUT2D eigenvalue weighted by molar-refractivity contribution is 5.82. The number of rotatable bonds is 1. The lowest BCUT2D eigenvalue weighted by atomic mass is 10.2. The van der Waals surface area contributed by atoms with E-state index in [0.717, 1.165) is 5.56 Å². The Morgan fingerprint density at radius 1 is 1.06 bits per heavy atom. The average Bonchev–Trinajstić information content (AvgIpc) is 2.73. The van der Waals surface area contributed by atoms with Crippen molar-refractivity contribution in [2.45, 2.75) is 0 Å². The molecule has 0 amide bonds. The standard InChI is InChI=1S/C13H11N3O2/c14-8-3-1-7(2-4-8)13-16-10-5-9(15)11(17)6-12(10)18-13/h1-6,17H,14-15H2. The van der Waals surface area contributed by atoms with Crippen molar-refractivity contribution < 1.29 is 9.52 Å². The number of nitrogen functional groups attached to an aromatic ring is 2. The summed E-state index contributed by atoms with van der Waals surface area (Å²) < 4.78 is 5.56. The van der Waals surface area contributed by atoms with Gasteiger partial charge in [0.2, 0.25) is 5.89 Å². The number of benzene rings is 2. The summed E-state index contributed by atoms with van der Waals surface area (Å²) in [7, 11) is 0. The Labute approximate surface area is 103 Å². The van der Waals surface area contributed by atoms with Gasteiger partial charge in [-0.1, -0.05) is 0 Å². The van der Waals surface area contributed by atoms with Gasteiger partial charge in [-0.3, -0.25) is 0 Å². The summed E-state index contributed by atoms with van der Waals surface area (Å²) in [6.07, 6.45) is 0. The molecule has 90 valence electrons. The molecule has 0 saturated heterocycles. The fourth-order valence-corrected chi connectivity index (χ4v) is 1.73. The van der Waals surface area contributed by atoms with Crippen LogP contribution in [0.2, 0.25) is 0 Å². The second-order valence-corrected chi connectivity index (χ2v) is 4.02. The van der Waals surface area contributed by atoms with Gasteiger partial charge in [-0.05, 0) is 30.3 Å². The van der Waals surface area contributed by atoms with Gasteiger partial charge in [-0.15, -0.1) is 0 Å². The summed E-state index contributed by atoms with van der Waals surface area (Å²) in [6.45, 7) is 0. The van der Waals surface area contributed by atoms with Gasteiger partial charge in [0.15, 0.2) is 5.58 Å². The molecule has 5 heteroatoms. The first kappa shape index (κ1) is 10.5. The van der Waals surface area contributed by atoms with Crippen LogP contribution >= 0.6 is 0 Å². The van der Waals surface area contributed by atoms with Crippen LogP contribution in [0.4, 0.5) is 11.4 Å². The number of nitrogens with two attached hydrogens (primary N) is 2. The molecule has 1 aromatic heterocycles. The van der Waals surface area contributed by atoms with Crippen LogP contribution in [0.25, 0.3) is 22.6 Å². The van der Waals surface area contributed by atoms with Gasteiger partial charge in [0, 0.05) is 17.3 Å². The van der Waals surface area contributed by atoms with Gasteiger partial charge >= 0.3 is 0 Å². The van der Waals surface area contributed by atoms with Crippen molar-refractivity contribution in [3.05, 3.63) is 36.4 Å². The molecule has 2 aromatic carbocycles. The maximum absolute atomic E-state index is 9.50. The predicted octanol–water partition coefficient (Wildman–Crippen LogP) is 2.36. The Morgan fingerprint density at radius 2 is 1.78 bits per heavy atom. The van der Waals surface area contributed by atoms with Crippen LogP contribution in [0.3, 0.4) is 0 Å². The lowest BCUT2D eigenvalue weighted by molar-refractivity contribution is 0.477. The molecule has 3 rings (SSSR count). The zero-order chi connectivity index (χ0) is 12.7. The molecule has 0 fully saturated rings. The number of fused-ring (bicyclic) bond motifs is 1. The van der Waals surface area contributed by atoms with Crippen molar-refractivity contribution in [3.63, 3.8) is 0 Å². The molecule has 0 unspecified atom stereocenters. The van der Waals surface area contributed by atoms with Crippen LogP contribution in [-0.4, -0.2) is 10.1 Å². The number of hydrogen-bond donors (Lipinski definition) is 3. The maximum Gasteiger partial charge on any atom is 0.227 e. The molecular formula is C13H11N3O2. The molecule has 0 spiro atoms. The average molecular weight is 241 g/mol. The number of phenols is 1. The summed E-state index contributed by atoms with van der Waals surface area (Å²) in [5.41, 5.74) is 14.1. The summed E-state index contributed by atoms with van der Waals surface area (Å²) >= 11 is 0. The van der Waals surface area contributed by atoms with E-state index in [2.05, 4.69) is 4.98 Å². The van der Waals surface area contributed by atoms with Crippen molar-refractivity contribution in [1.82, 2.24) is 4.98 Å². The minimum atomic E-state index is -0.0116. The monoisotopic (exact) mass is 241 g/mol. The third kappa shape index (κ3) is 1.62. The van der Waals surface area contributed by atoms with Crippen molar-refractivity contribution >= 4 is 22.5 Å². The highest BCUT2D eigenvalue weighted by atomic mass is 16.3. The Morgan fingerprint density at radius 3 is 2.50 bits per heavy atom. The Bertz CT molecular complexity index is 678. The fraction of sp³-hybridized carbons (Fsp3) is 0. The molecule has 5 N–H and O–H groups in total. The predicted molar refractivity (Wildman–Crippen MR) is 69.9 cm³/mol. The molecule has 1 heterocycles. The number of anilines is 2. The molecule has 0 saturated carbocycles. The molecule has 0 bridgehead atoms. The van der Waals surface area contributed by atoms with Crippen LogP contribution < -0.4 is 11.5 Å². The molecule has 0 aliphatic heterocycles. The first-order valence-corrected chi connectivity index (χ1v) is 5.38. The summed E-state index contributed by atoms with van der Waals surface area (Å²) in [6, 6.07) is 10.2. The highest BCUT2D eigenvalue weighted by Gasteiger charge is 2.10. The zero-order valence-electron chi connectivity index (χ0n) is 9.42. The lowest BCUT2D eigenvalue weighted by Crippen LogP contribution is -1.85. The smallest absolute Gasteiger partial charge is 0.227 e. The highest BCUT2D eigenvalue weighted by Crippen LogP contribution is 2.30. The third-order valence-corrected chi connectivity index (χ3v) is 2.69. The van der Waals surface area contributed by atoms with Crippen LogP contribution in [-0.2, 0) is 0 Å². The van der Waals surface area contributed by atoms with Crippen LogP contribution in [0, 0.1) is 0 Å². The van der Waals surface area contributed by atoms with E-state index in [4.69, 9.17) is 15.9 Å². The fourth-order valence-electron chi connectivity index (χ4n) is 1.73. The zero-order valence-corrected chi connectivity index (χ0v) is 9.42. The summed E-state index contributed by atoms with van der Waals surface area (Å²) in [5, 5.41) is 9.50. The van der Waals surface area contributed by atoms with E-state index in [1.165, 1.54) is 6.07 Å². The Hall–Kier alpha value is -2.69. The van der Waals surface area contributed by atoms with Gasteiger partial charge < -0.3 is 21.0 Å². The second-order valence-electron chi connectivity index (χ2n) is 4.02. The number of phenolic OH excluding ortho intramolecular Hbond substituents is 1. The van der Waals surface area contributed by atoms with E-state index in [0.29, 0.717) is 22.7 Å². The van der Waals surface area contributed by atoms with E-state index in [1.807, 2.05) is 12.1 Å². The van der Waals surface area contributed by atoms with E-state index in [1.54, 1.807) is 18.2 Å². The van der Waals surface area contributed by atoms with Crippen molar-refractivity contribution in [2.75, 3.05) is 11.5 Å². The number of nitrogens with zero attached hydrogens (tertiary/aromatic N) is 1. The van der Waals surface area contributed by atoms with Crippen molar-refractivity contribution in [2.24, 2.45) is 0 Å². The van der Waals surface area contributed by atoms with Gasteiger partial charge in [-0.2, -0.15) is 0 Å². The van der Waals surface area contributed by atoms with Crippen molar-refractivity contribution in [3.8, 4) is 17.2 Å². The van der Waals surface area contributed by atoms with Gasteiger partial charge in [0.1, 0.15) is 11.3 Å². The largest absolute Gasteiger partial charge is 0.506 e. The molecule has 18 heavy (non-hydrogen) atoms. The number of aromatic hydroxyl groups is 1. The van der Waals surface area contributed by atoms with Crippen LogP contribution in [0.1, 0.15) is 0 Å². The molecule has 0 aliphatic rings. The van der Waals surface area contributed by atoms with Crippen LogP contribution in [0.5, 0.6) is 5.75 Å². The topological polar surface area (TPSA) is 98.3 Å². The Kier molecular flexibility index (Phi) is 2.13. The number of hydrogen-bond acceptors (Lipinski definition) is 5. The molecule has 5 nitrogen and oxygen atoms in total. The first-order valence-electron chi connectivity index (χ1n) is 5.38. The molecule has 0 radical (unpaired) electrons. The molecule has 0 atom stereocenters. The van der Waals surface area contributed by atoms with E-state index < -0.39 is 0 Å². The third-order valence-electron chi connectivity index (χ3n) is 2.69. The van der Waals surface area contributed by atoms with E-state index in [-0.39, 0.29) is 11.4 Å². The van der Waals surface area contributed by atoms with Crippen molar-refractivity contribution in [1.29, 1.82) is 0 Å². The van der Waals surface area contributed by atoms with E-state index >= 15 is 0 Å². The molecular weight excluding hydrogens is 230 g/mol. The lowest BCUT2D eigenvalue weighted by Gasteiger charge is -1.95. The van der Waals surface area contributed by atoms with Gasteiger partial charge in [0.25, 0.3) is 0 Å². The number of oxazole rings is 1. The van der Waals surface area contributed by atoms with E-state index in [9.17, 15) is 5.11 Å². The van der Waals surface area contributed by atoms with Crippen LogP contribution in [0.15, 0.2) is 40.8 Å². The SMILES string of the molecule is Nc1ccc(-c2nc3cc(N)c(O)cc3o2)cc1. The minimum absolute atomic E-state index is 0.0116. The Balaban J connectivity index is 2.16. The molecule has 0 aliphatic carbocycles. The summed E-state index contributed by atoms with van der Waals surface area (Å²) in [5.74, 6) is 0.456. The normalized spacial score (nSPS) is 10.9. The summed E-state index contributed by atoms with van der Waals surface area (Å²) in [4.78, 5) is 4.32. The molecule has 3 aromatic rings. The second kappa shape index (κ2) is 3.66. The number of aromatic nitrogens is 1. The van der Waals surface area contributed by atoms with Gasteiger partial charge in [-0.25, -0.2) is 4.98 Å². The quantitative estimate of drug-likeness (QED) is 0.448. The minimum Gasteiger partial charge on any atom is -0.506 e. The maximum atomic E-state index is 9.50. The van der Waals surface area contributed by atoms with Gasteiger partial charge in [0.05, 0.1) is 5.69 Å². The first-order chi connectivity index (χ1) is 8.63.